The van der Waals surface area contributed by atoms with Gasteiger partial charge in [-0.3, -0.25) is 0 Å². The average molecular weight is 441 g/mol. The first-order valence-corrected chi connectivity index (χ1v) is 13.3. The minimum atomic E-state index is -3.50. The average Bonchev–Trinajstić information content (AvgIpc) is 2.44. The second kappa shape index (κ2) is 8.59. The van der Waals surface area contributed by atoms with Gasteiger partial charge in [0.2, 0.25) is 0 Å². The van der Waals surface area contributed by atoms with E-state index in [1.54, 1.807) is 36.8 Å². The molecule has 4 nitrogen and oxygen atoms in total. The molecule has 0 aliphatic heterocycles. The van der Waals surface area contributed by atoms with Crippen LogP contribution in [-0.4, -0.2) is 37.5 Å². The molecule has 0 aliphatic rings. The molecule has 0 amide bonds. The van der Waals surface area contributed by atoms with Crippen molar-refractivity contribution >= 4 is 34.0 Å². The van der Waals surface area contributed by atoms with Gasteiger partial charge in [-0.2, -0.15) is 0 Å². The second-order valence-corrected chi connectivity index (χ2v) is 12.0. The Labute approximate surface area is 139 Å². The van der Waals surface area contributed by atoms with Crippen molar-refractivity contribution in [2.24, 2.45) is 0 Å². The molecule has 0 fully saturated rings. The van der Waals surface area contributed by atoms with Gasteiger partial charge in [-0.1, -0.05) is 0 Å². The Morgan fingerprint density at radius 1 is 1.33 bits per heavy atom. The number of benzene rings is 1. The molecular formula is C13H19Cl2NO3RuS. The summed E-state index contributed by atoms with van der Waals surface area (Å²) in [7, 11) is 9.87. The molecule has 0 aromatic heterocycles. The molecule has 0 atom stereocenters. The third kappa shape index (κ3) is 5.29. The van der Waals surface area contributed by atoms with Gasteiger partial charge in [0.05, 0.1) is 0 Å². The number of rotatable bonds is 7. The van der Waals surface area contributed by atoms with Gasteiger partial charge in [0, 0.05) is 0 Å². The summed E-state index contributed by atoms with van der Waals surface area (Å²) in [6, 6.07) is 4.77. The predicted molar refractivity (Wildman–Crippen MR) is 84.6 cm³/mol. The molecule has 0 unspecified atom stereocenters. The van der Waals surface area contributed by atoms with E-state index in [0.717, 1.165) is 6.42 Å². The van der Waals surface area contributed by atoms with Crippen LogP contribution in [0, 0.1) is 0 Å². The first-order chi connectivity index (χ1) is 9.82. The van der Waals surface area contributed by atoms with Crippen molar-refractivity contribution in [3.8, 4) is 5.75 Å². The zero-order valence-electron chi connectivity index (χ0n) is 12.1. The fourth-order valence-electron chi connectivity index (χ4n) is 1.54. The molecule has 1 rings (SSSR count). The van der Waals surface area contributed by atoms with E-state index in [1.165, 1.54) is 4.31 Å². The topological polar surface area (TPSA) is 46.6 Å². The van der Waals surface area contributed by atoms with Crippen molar-refractivity contribution in [3.63, 3.8) is 0 Å². The van der Waals surface area contributed by atoms with Crippen LogP contribution in [0.25, 0.3) is 0 Å². The Balaban J connectivity index is 3.30. The van der Waals surface area contributed by atoms with E-state index < -0.39 is 23.5 Å². The quantitative estimate of drug-likeness (QED) is 0.611. The van der Waals surface area contributed by atoms with E-state index in [-0.39, 0.29) is 4.90 Å². The maximum absolute atomic E-state index is 12.3. The molecule has 0 radical (unpaired) electrons. The Bertz CT molecular complexity index is 616. The van der Waals surface area contributed by atoms with E-state index in [2.05, 4.69) is 0 Å². The molecular weight excluding hydrogens is 422 g/mol. The van der Waals surface area contributed by atoms with Gasteiger partial charge in [0.25, 0.3) is 0 Å². The molecule has 8 heteroatoms. The number of hydrogen-bond acceptors (Lipinski definition) is 3. The normalized spacial score (nSPS) is 12.4. The van der Waals surface area contributed by atoms with Gasteiger partial charge >= 0.3 is 140 Å². The zero-order valence-corrected chi connectivity index (χ0v) is 16.2. The Morgan fingerprint density at radius 3 is 2.52 bits per heavy atom. The van der Waals surface area contributed by atoms with Crippen molar-refractivity contribution in [2.45, 2.75) is 25.2 Å². The zero-order chi connectivity index (χ0) is 16.0. The van der Waals surface area contributed by atoms with Crippen LogP contribution in [-0.2, 0) is 23.5 Å². The van der Waals surface area contributed by atoms with Crippen molar-refractivity contribution in [3.05, 3.63) is 23.8 Å². The Hall–Kier alpha value is 0.00338. The molecule has 0 N–H and O–H groups in total. The molecule has 1 aromatic rings. The van der Waals surface area contributed by atoms with E-state index in [1.807, 2.05) is 6.92 Å². The SMILES string of the molecule is CCCOc1ccc(S(=O)(=O)N(C)CC)cc1[CH]=[Ru]([Cl])[Cl]. The second-order valence-electron chi connectivity index (χ2n) is 4.27. The predicted octanol–water partition coefficient (Wildman–Crippen LogP) is 3.19. The van der Waals surface area contributed by atoms with Crippen LogP contribution < -0.4 is 4.74 Å². The van der Waals surface area contributed by atoms with Gasteiger partial charge in [-0.05, 0) is 0 Å². The molecule has 1 aromatic carbocycles. The van der Waals surface area contributed by atoms with Gasteiger partial charge in [-0.15, -0.1) is 0 Å². The number of nitrogens with zero attached hydrogens (tertiary/aromatic N) is 1. The molecule has 0 saturated heterocycles. The van der Waals surface area contributed by atoms with E-state index in [9.17, 15) is 8.42 Å². The third-order valence-corrected chi connectivity index (χ3v) is 6.54. The van der Waals surface area contributed by atoms with Gasteiger partial charge < -0.3 is 0 Å². The maximum atomic E-state index is 12.3. The van der Waals surface area contributed by atoms with Crippen LogP contribution in [0.4, 0.5) is 0 Å². The summed E-state index contributed by atoms with van der Waals surface area (Å²) in [5.41, 5.74) is 0.637. The van der Waals surface area contributed by atoms with Crippen molar-refractivity contribution in [1.82, 2.24) is 4.31 Å². The first kappa shape index (κ1) is 19.1. The van der Waals surface area contributed by atoms with Crippen molar-refractivity contribution in [1.29, 1.82) is 0 Å². The summed E-state index contributed by atoms with van der Waals surface area (Å²) >= 11 is -2.08. The van der Waals surface area contributed by atoms with Crippen LogP contribution in [0.1, 0.15) is 25.8 Å². The summed E-state index contributed by atoms with van der Waals surface area (Å²) in [4.78, 5) is 0.214. The molecule has 0 aliphatic carbocycles. The van der Waals surface area contributed by atoms with E-state index >= 15 is 0 Å². The molecule has 0 bridgehead atoms. The monoisotopic (exact) mass is 441 g/mol. The minimum absolute atomic E-state index is 0.214. The van der Waals surface area contributed by atoms with E-state index in [0.29, 0.717) is 24.5 Å². The molecule has 122 valence electrons. The number of ether oxygens (including phenoxy) is 1. The van der Waals surface area contributed by atoms with Crippen LogP contribution in [0.5, 0.6) is 5.75 Å². The third-order valence-electron chi connectivity index (χ3n) is 2.78. The fourth-order valence-corrected chi connectivity index (χ4v) is 4.54. The van der Waals surface area contributed by atoms with Gasteiger partial charge in [-0.25, -0.2) is 0 Å². The van der Waals surface area contributed by atoms with E-state index in [4.69, 9.17) is 24.1 Å². The molecule has 21 heavy (non-hydrogen) atoms. The summed E-state index contributed by atoms with van der Waals surface area (Å²) < 4.78 is 33.3. The Morgan fingerprint density at radius 2 is 2.00 bits per heavy atom. The molecule has 0 spiro atoms. The van der Waals surface area contributed by atoms with Crippen LogP contribution in [0.2, 0.25) is 0 Å². The number of halogens is 2. The van der Waals surface area contributed by atoms with Crippen LogP contribution >= 0.6 is 19.4 Å². The summed E-state index contributed by atoms with van der Waals surface area (Å²) in [5.74, 6) is 0.606. The van der Waals surface area contributed by atoms with Crippen molar-refractivity contribution < 1.29 is 26.7 Å². The summed E-state index contributed by atoms with van der Waals surface area (Å²) in [6.07, 6.45) is 0.862. The fraction of sp³-hybridized carbons (Fsp3) is 0.462. The van der Waals surface area contributed by atoms with Crippen LogP contribution in [0.3, 0.4) is 0 Å². The van der Waals surface area contributed by atoms with Crippen molar-refractivity contribution in [2.75, 3.05) is 20.2 Å². The molecule has 0 saturated carbocycles. The van der Waals surface area contributed by atoms with Gasteiger partial charge in [0.1, 0.15) is 0 Å². The Kier molecular flexibility index (Phi) is 7.79. The summed E-state index contributed by atoms with van der Waals surface area (Å²) in [5, 5.41) is 0. The molecule has 0 heterocycles. The number of sulfonamides is 1. The van der Waals surface area contributed by atoms with Gasteiger partial charge in [0.15, 0.2) is 0 Å². The standard InChI is InChI=1S/C13H19NO3S.2ClH.Ru/c1-5-9-17-13-8-7-12(10-11(13)3)18(15,16)14(4)6-2;;;/h3,7-8,10H,5-6,9H2,1-2,4H3;2*1H;/q;;;+2/p-2. The van der Waals surface area contributed by atoms with Crippen LogP contribution in [0.15, 0.2) is 23.1 Å². The number of hydrogen-bond donors (Lipinski definition) is 0. The summed E-state index contributed by atoms with van der Waals surface area (Å²) in [6.45, 7) is 4.74. The first-order valence-electron chi connectivity index (χ1n) is 6.39.